The third kappa shape index (κ3) is 4.05. The summed E-state index contributed by atoms with van der Waals surface area (Å²) in [7, 11) is 0. The molecule has 5 nitrogen and oxygen atoms in total. The summed E-state index contributed by atoms with van der Waals surface area (Å²) in [6, 6.07) is 5.56. The Morgan fingerprint density at radius 1 is 1.20 bits per heavy atom. The molecule has 0 aliphatic rings. The molecule has 0 aliphatic carbocycles. The number of hydrogen-bond acceptors (Lipinski definition) is 4. The smallest absolute Gasteiger partial charge is 0.253 e. The highest BCUT2D eigenvalue weighted by Crippen LogP contribution is 2.08. The first kappa shape index (κ1) is 14.0. The zero-order valence-corrected chi connectivity index (χ0v) is 11.5. The molecule has 0 atom stereocenters. The number of carbonyl (C=O) groups is 1. The maximum Gasteiger partial charge on any atom is 0.253 e. The Kier molecular flexibility index (Phi) is 5.06. The molecular formula is C15H18N4O. The van der Waals surface area contributed by atoms with Gasteiger partial charge in [-0.05, 0) is 30.2 Å². The van der Waals surface area contributed by atoms with Gasteiger partial charge in [0.2, 0.25) is 0 Å². The van der Waals surface area contributed by atoms with Crippen molar-refractivity contribution in [2.24, 2.45) is 0 Å². The maximum absolute atomic E-state index is 12.0. The van der Waals surface area contributed by atoms with Gasteiger partial charge in [-0.25, -0.2) is 0 Å². The van der Waals surface area contributed by atoms with Crippen molar-refractivity contribution >= 4 is 11.6 Å². The second-order valence-corrected chi connectivity index (χ2v) is 4.43. The average Bonchev–Trinajstić information content (AvgIpc) is 2.52. The fourth-order valence-electron chi connectivity index (χ4n) is 1.72. The molecule has 0 fully saturated rings. The Morgan fingerprint density at radius 2 is 2.00 bits per heavy atom. The number of aromatic nitrogens is 2. The zero-order chi connectivity index (χ0) is 14.2. The number of anilines is 1. The summed E-state index contributed by atoms with van der Waals surface area (Å²) in [4.78, 5) is 20.1. The van der Waals surface area contributed by atoms with Crippen LogP contribution in [0.1, 0.15) is 29.3 Å². The van der Waals surface area contributed by atoms with E-state index >= 15 is 0 Å². The number of hydrogen-bond donors (Lipinski definition) is 2. The molecule has 2 aromatic heterocycles. The standard InChI is InChI=1S/C15H18N4O/c1-2-5-18-14-8-13(10-17-11-14)15(20)19-9-12-3-6-16-7-4-12/h3-4,6-8,10-11,18H,2,5,9H2,1H3,(H,19,20). The molecular weight excluding hydrogens is 252 g/mol. The predicted molar refractivity (Wildman–Crippen MR) is 78.4 cm³/mol. The summed E-state index contributed by atoms with van der Waals surface area (Å²) < 4.78 is 0. The molecule has 0 bridgehead atoms. The molecule has 2 rings (SSSR count). The van der Waals surface area contributed by atoms with Crippen molar-refractivity contribution in [2.45, 2.75) is 19.9 Å². The topological polar surface area (TPSA) is 66.9 Å². The first-order valence-electron chi connectivity index (χ1n) is 6.65. The number of nitrogens with one attached hydrogen (secondary N) is 2. The van der Waals surface area contributed by atoms with Crippen LogP contribution in [0.25, 0.3) is 0 Å². The van der Waals surface area contributed by atoms with Crippen LogP contribution >= 0.6 is 0 Å². The fourth-order valence-corrected chi connectivity index (χ4v) is 1.72. The van der Waals surface area contributed by atoms with E-state index in [0.29, 0.717) is 12.1 Å². The van der Waals surface area contributed by atoms with Crippen LogP contribution in [0, 0.1) is 0 Å². The minimum atomic E-state index is -0.130. The first-order chi connectivity index (χ1) is 9.79. The third-order valence-corrected chi connectivity index (χ3v) is 2.78. The third-order valence-electron chi connectivity index (χ3n) is 2.78. The van der Waals surface area contributed by atoms with E-state index in [1.54, 1.807) is 24.8 Å². The van der Waals surface area contributed by atoms with Crippen molar-refractivity contribution in [1.82, 2.24) is 15.3 Å². The van der Waals surface area contributed by atoms with Gasteiger partial charge in [0.1, 0.15) is 0 Å². The van der Waals surface area contributed by atoms with E-state index in [4.69, 9.17) is 0 Å². The lowest BCUT2D eigenvalue weighted by atomic mass is 10.2. The number of pyridine rings is 2. The van der Waals surface area contributed by atoms with E-state index in [1.165, 1.54) is 0 Å². The molecule has 1 amide bonds. The lowest BCUT2D eigenvalue weighted by Gasteiger charge is -2.08. The summed E-state index contributed by atoms with van der Waals surface area (Å²) in [5.41, 5.74) is 2.44. The van der Waals surface area contributed by atoms with Gasteiger partial charge in [0.15, 0.2) is 0 Å². The Hall–Kier alpha value is -2.43. The van der Waals surface area contributed by atoms with Crippen LogP contribution in [-0.2, 0) is 6.54 Å². The Morgan fingerprint density at radius 3 is 2.75 bits per heavy atom. The highest BCUT2D eigenvalue weighted by Gasteiger charge is 2.06. The molecule has 5 heteroatoms. The second kappa shape index (κ2) is 7.23. The molecule has 0 saturated heterocycles. The molecule has 104 valence electrons. The monoisotopic (exact) mass is 270 g/mol. The van der Waals surface area contributed by atoms with Gasteiger partial charge in [-0.2, -0.15) is 0 Å². The molecule has 2 aromatic rings. The van der Waals surface area contributed by atoms with Gasteiger partial charge >= 0.3 is 0 Å². The van der Waals surface area contributed by atoms with Crippen LogP contribution in [0.5, 0.6) is 0 Å². The van der Waals surface area contributed by atoms with Crippen molar-refractivity contribution in [2.75, 3.05) is 11.9 Å². The van der Waals surface area contributed by atoms with Gasteiger partial charge in [-0.15, -0.1) is 0 Å². The van der Waals surface area contributed by atoms with Crippen LogP contribution in [-0.4, -0.2) is 22.4 Å². The van der Waals surface area contributed by atoms with Gasteiger partial charge in [0.25, 0.3) is 5.91 Å². The van der Waals surface area contributed by atoms with Crippen molar-refractivity contribution in [3.05, 3.63) is 54.1 Å². The van der Waals surface area contributed by atoms with E-state index in [-0.39, 0.29) is 5.91 Å². The molecule has 0 spiro atoms. The van der Waals surface area contributed by atoms with Crippen LogP contribution in [0.15, 0.2) is 43.0 Å². The van der Waals surface area contributed by atoms with Crippen LogP contribution in [0.2, 0.25) is 0 Å². The fraction of sp³-hybridized carbons (Fsp3) is 0.267. The van der Waals surface area contributed by atoms with Gasteiger partial charge in [0.05, 0.1) is 11.3 Å². The highest BCUT2D eigenvalue weighted by atomic mass is 16.1. The van der Waals surface area contributed by atoms with E-state index in [1.807, 2.05) is 18.2 Å². The predicted octanol–water partition coefficient (Wildman–Crippen LogP) is 2.23. The Balaban J connectivity index is 1.95. The van der Waals surface area contributed by atoms with E-state index in [2.05, 4.69) is 27.5 Å². The van der Waals surface area contributed by atoms with E-state index in [9.17, 15) is 4.79 Å². The van der Waals surface area contributed by atoms with Crippen molar-refractivity contribution in [3.63, 3.8) is 0 Å². The number of carbonyl (C=O) groups excluding carboxylic acids is 1. The largest absolute Gasteiger partial charge is 0.384 e. The van der Waals surface area contributed by atoms with E-state index in [0.717, 1.165) is 24.2 Å². The summed E-state index contributed by atoms with van der Waals surface area (Å²) in [6.45, 7) is 3.43. The van der Waals surface area contributed by atoms with E-state index < -0.39 is 0 Å². The molecule has 0 saturated carbocycles. The summed E-state index contributed by atoms with van der Waals surface area (Å²) in [5.74, 6) is -0.130. The second-order valence-electron chi connectivity index (χ2n) is 4.43. The lowest BCUT2D eigenvalue weighted by Crippen LogP contribution is -2.23. The molecule has 20 heavy (non-hydrogen) atoms. The van der Waals surface area contributed by atoms with Crippen LogP contribution in [0.4, 0.5) is 5.69 Å². The quantitative estimate of drug-likeness (QED) is 0.844. The lowest BCUT2D eigenvalue weighted by molar-refractivity contribution is 0.0950. The number of rotatable bonds is 6. The van der Waals surface area contributed by atoms with Crippen molar-refractivity contribution < 1.29 is 4.79 Å². The molecule has 0 radical (unpaired) electrons. The Bertz CT molecular complexity index is 557. The molecule has 0 unspecified atom stereocenters. The average molecular weight is 270 g/mol. The summed E-state index contributed by atoms with van der Waals surface area (Å²) >= 11 is 0. The summed E-state index contributed by atoms with van der Waals surface area (Å²) in [5, 5.41) is 6.08. The van der Waals surface area contributed by atoms with Gasteiger partial charge in [-0.1, -0.05) is 6.92 Å². The molecule has 0 aliphatic heterocycles. The molecule has 2 heterocycles. The van der Waals surface area contributed by atoms with Crippen molar-refractivity contribution in [3.8, 4) is 0 Å². The SMILES string of the molecule is CCCNc1cncc(C(=O)NCc2ccncc2)c1. The van der Waals surface area contributed by atoms with Crippen LogP contribution < -0.4 is 10.6 Å². The Labute approximate surface area is 118 Å². The minimum absolute atomic E-state index is 0.130. The zero-order valence-electron chi connectivity index (χ0n) is 11.5. The van der Waals surface area contributed by atoms with Gasteiger partial charge in [-0.3, -0.25) is 14.8 Å². The summed E-state index contributed by atoms with van der Waals surface area (Å²) in [6.07, 6.45) is 7.73. The van der Waals surface area contributed by atoms with Crippen molar-refractivity contribution in [1.29, 1.82) is 0 Å². The van der Waals surface area contributed by atoms with Gasteiger partial charge in [0, 0.05) is 37.9 Å². The maximum atomic E-state index is 12.0. The number of amides is 1. The first-order valence-corrected chi connectivity index (χ1v) is 6.65. The highest BCUT2D eigenvalue weighted by molar-refractivity contribution is 5.94. The minimum Gasteiger partial charge on any atom is -0.384 e. The number of nitrogens with zero attached hydrogens (tertiary/aromatic N) is 2. The van der Waals surface area contributed by atoms with Crippen LogP contribution in [0.3, 0.4) is 0 Å². The normalized spacial score (nSPS) is 10.1. The van der Waals surface area contributed by atoms with Gasteiger partial charge < -0.3 is 10.6 Å². The molecule has 2 N–H and O–H groups in total. The molecule has 0 aromatic carbocycles.